The quantitative estimate of drug-likeness (QED) is 0.0532. The summed E-state index contributed by atoms with van der Waals surface area (Å²) in [4.78, 5) is 73.4. The van der Waals surface area contributed by atoms with Gasteiger partial charge in [0.05, 0.1) is 20.6 Å². The first kappa shape index (κ1) is 67.6. The molecule has 0 saturated carbocycles. The highest BCUT2D eigenvalue weighted by atomic mass is 35.5. The summed E-state index contributed by atoms with van der Waals surface area (Å²) in [7, 11) is 0. The average molecular weight is 1330 g/mol. The topological polar surface area (TPSA) is 316 Å². The van der Waals surface area contributed by atoms with Crippen LogP contribution < -0.4 is 33.6 Å². The van der Waals surface area contributed by atoms with Crippen molar-refractivity contribution in [3.63, 3.8) is 0 Å². The number of amides is 2. The molecule has 2 amide bonds. The third-order valence-electron chi connectivity index (χ3n) is 14.4. The molecule has 0 spiro atoms. The fourth-order valence-corrected chi connectivity index (χ4v) is 10.3. The number of rotatable bonds is 14. The fourth-order valence-electron chi connectivity index (χ4n) is 9.76. The molecule has 0 aliphatic carbocycles. The molecule has 9 aromatic heterocycles. The summed E-state index contributed by atoms with van der Waals surface area (Å²) in [6.45, 7) is 6.78. The maximum atomic E-state index is 14.4. The van der Waals surface area contributed by atoms with E-state index in [1.54, 1.807) is 79.1 Å². The summed E-state index contributed by atoms with van der Waals surface area (Å²) < 4.78 is 42.9. The zero-order valence-electron chi connectivity index (χ0n) is 50.6. The number of pyridine rings is 9. The molecule has 0 unspecified atom stereocenters. The molecule has 0 aliphatic heterocycles. The van der Waals surface area contributed by atoms with Gasteiger partial charge in [0.1, 0.15) is 51.5 Å². The second-order valence-electron chi connectivity index (χ2n) is 21.4. The number of hydrogen-bond acceptors (Lipinski definition) is 16. The minimum Gasteiger partial charge on any atom is -0.478 e. The van der Waals surface area contributed by atoms with E-state index in [1.807, 2.05) is 51.1 Å². The lowest BCUT2D eigenvalue weighted by molar-refractivity contribution is 0.0696. The molecule has 94 heavy (non-hydrogen) atoms. The number of fused-ring (bicyclic) bond motifs is 3. The van der Waals surface area contributed by atoms with Crippen molar-refractivity contribution in [1.29, 1.82) is 0 Å². The van der Waals surface area contributed by atoms with Crippen LogP contribution in [0.5, 0.6) is 0 Å². The number of carbonyl (C=O) groups excluding carboxylic acids is 2. The Balaban J connectivity index is 0.000000156. The summed E-state index contributed by atoms with van der Waals surface area (Å²) in [5.74, 6) is -1.36. The molecule has 0 fully saturated rings. The highest BCUT2D eigenvalue weighted by Crippen LogP contribution is 2.27. The van der Waals surface area contributed by atoms with Crippen molar-refractivity contribution in [2.24, 2.45) is 5.73 Å². The van der Waals surface area contributed by atoms with Gasteiger partial charge in [-0.25, -0.2) is 32.9 Å². The normalized spacial score (nSPS) is 10.8. The Hall–Kier alpha value is -10.8. The standard InChI is InChI=1S/2C23H19ClFN5O.C16H10ClFN2O2.C7H11N3/c2*1-13-16(2-3-21(26)30-13)11-29-23(31)15-4-5-27-19(10-15)7-14-6-17-9-18(24)12-28-22(17)20(25)8-14;17-12-6-11-3-9(5-14(18)15(11)20-8-12)4-13-7-10(16(21)22)1-2-19-13;1-5-6(4-8)2-3-7(9)10-5/h2*2-6,8-10,12H,7,11H2,1H3,(H2,26,30)(H,29,31);1-3,5-8H,4H2,(H,21,22);2-3H,4,8H2,1H3,(H2,9,10). The third-order valence-corrected chi connectivity index (χ3v) is 15.0. The van der Waals surface area contributed by atoms with E-state index in [1.165, 1.54) is 55.1 Å². The van der Waals surface area contributed by atoms with E-state index < -0.39 is 23.4 Å². The number of nitrogens with two attached hydrogens (primary N) is 4. The van der Waals surface area contributed by atoms with Gasteiger partial charge >= 0.3 is 5.97 Å². The summed E-state index contributed by atoms with van der Waals surface area (Å²) >= 11 is 17.8. The molecule has 12 aromatic rings. The predicted octanol–water partition coefficient (Wildman–Crippen LogP) is 12.6. The summed E-state index contributed by atoms with van der Waals surface area (Å²) in [5, 5.41) is 17.9. The van der Waals surface area contributed by atoms with Crippen LogP contribution in [0.3, 0.4) is 0 Å². The van der Waals surface area contributed by atoms with Crippen LogP contribution in [0.2, 0.25) is 15.1 Å². The molecule has 0 radical (unpaired) electrons. The van der Waals surface area contributed by atoms with E-state index in [9.17, 15) is 27.6 Å². The SMILES string of the molecule is Cc1nc(N)ccc1CN.Cc1nc(N)ccc1CNC(=O)c1ccnc(Cc2cc(F)c3ncc(Cl)cc3c2)c1.Cc1nc(N)ccc1CNC(=O)c1ccnc(Cc2cc(F)c3ncc(Cl)cc3c2)c1.O=C(O)c1ccnc(Cc2cc(F)c3ncc(Cl)cc3c2)c1. The second kappa shape index (κ2) is 31.0. The number of nitrogen functional groups attached to an aromatic ring is 3. The molecule has 12 rings (SSSR count). The Labute approximate surface area is 551 Å². The van der Waals surface area contributed by atoms with Gasteiger partial charge in [-0.3, -0.25) is 39.5 Å². The van der Waals surface area contributed by atoms with Crippen LogP contribution in [0.1, 0.15) is 98.6 Å². The third kappa shape index (κ3) is 18.3. The molecule has 19 nitrogen and oxygen atoms in total. The van der Waals surface area contributed by atoms with Crippen LogP contribution in [-0.2, 0) is 38.9 Å². The number of hydrogen-bond donors (Lipinski definition) is 7. The Kier molecular flexibility index (Phi) is 22.3. The van der Waals surface area contributed by atoms with Gasteiger partial charge < -0.3 is 38.7 Å². The van der Waals surface area contributed by atoms with Crippen LogP contribution in [0.25, 0.3) is 32.7 Å². The van der Waals surface area contributed by atoms with E-state index in [2.05, 4.69) is 55.5 Å². The monoisotopic (exact) mass is 1320 g/mol. The molecule has 9 heterocycles. The van der Waals surface area contributed by atoms with Gasteiger partial charge in [0, 0.05) is 138 Å². The highest BCUT2D eigenvalue weighted by molar-refractivity contribution is 6.31. The molecular formula is C69H59Cl3F3N15O4. The maximum Gasteiger partial charge on any atom is 0.335 e. The first-order chi connectivity index (χ1) is 45.0. The van der Waals surface area contributed by atoms with E-state index >= 15 is 0 Å². The lowest BCUT2D eigenvalue weighted by Gasteiger charge is -2.09. The Morgan fingerprint density at radius 2 is 0.755 bits per heavy atom. The number of carbonyl (C=O) groups is 3. The molecule has 0 atom stereocenters. The number of halogens is 6. The van der Waals surface area contributed by atoms with E-state index in [4.69, 9.17) is 62.8 Å². The number of nitrogens with zero attached hydrogens (tertiary/aromatic N) is 9. The number of aromatic nitrogens is 9. The predicted molar refractivity (Wildman–Crippen MR) is 359 cm³/mol. The van der Waals surface area contributed by atoms with Crippen LogP contribution >= 0.6 is 34.8 Å². The number of carboxylic acids is 1. The molecule has 0 saturated heterocycles. The van der Waals surface area contributed by atoms with E-state index in [0.29, 0.717) is 132 Å². The maximum absolute atomic E-state index is 14.4. The minimum absolute atomic E-state index is 0.149. The van der Waals surface area contributed by atoms with Gasteiger partial charge in [0.25, 0.3) is 11.8 Å². The van der Waals surface area contributed by atoms with Crippen molar-refractivity contribution >= 4 is 103 Å². The lowest BCUT2D eigenvalue weighted by Crippen LogP contribution is -2.23. The molecule has 11 N–H and O–H groups in total. The van der Waals surface area contributed by atoms with Gasteiger partial charge in [-0.05, 0) is 163 Å². The Bertz CT molecular complexity index is 4620. The average Bonchev–Trinajstić information content (AvgIpc) is 0.866. The van der Waals surface area contributed by atoms with Crippen molar-refractivity contribution in [2.75, 3.05) is 17.2 Å². The molecular weight excluding hydrogens is 1270 g/mol. The molecule has 3 aromatic carbocycles. The van der Waals surface area contributed by atoms with Crippen LogP contribution in [0.15, 0.2) is 165 Å². The Morgan fingerprint density at radius 3 is 1.07 bits per heavy atom. The van der Waals surface area contributed by atoms with E-state index in [-0.39, 0.29) is 33.9 Å². The van der Waals surface area contributed by atoms with Crippen LogP contribution in [-0.4, -0.2) is 67.7 Å². The zero-order chi connectivity index (χ0) is 67.2. The number of carboxylic acid groups (broad SMARTS) is 1. The zero-order valence-corrected chi connectivity index (χ0v) is 52.9. The first-order valence-corrected chi connectivity index (χ1v) is 29.9. The fraction of sp³-hybridized carbons (Fsp3) is 0.130. The summed E-state index contributed by atoms with van der Waals surface area (Å²) in [6.07, 6.45) is 9.82. The van der Waals surface area contributed by atoms with Crippen molar-refractivity contribution in [2.45, 2.75) is 59.7 Å². The molecule has 0 aliphatic rings. The van der Waals surface area contributed by atoms with Gasteiger partial charge in [0.2, 0.25) is 0 Å². The smallest absolute Gasteiger partial charge is 0.335 e. The molecule has 25 heteroatoms. The van der Waals surface area contributed by atoms with Crippen LogP contribution in [0, 0.1) is 38.2 Å². The van der Waals surface area contributed by atoms with Gasteiger partial charge in [-0.1, -0.05) is 53.0 Å². The first-order valence-electron chi connectivity index (χ1n) is 28.8. The number of anilines is 3. The Morgan fingerprint density at radius 1 is 0.436 bits per heavy atom. The van der Waals surface area contributed by atoms with Gasteiger partial charge in [-0.15, -0.1) is 0 Å². The highest BCUT2D eigenvalue weighted by Gasteiger charge is 2.15. The summed E-state index contributed by atoms with van der Waals surface area (Å²) in [5.41, 5.74) is 33.3. The van der Waals surface area contributed by atoms with Crippen molar-refractivity contribution in [1.82, 2.24) is 55.5 Å². The number of nitrogens with one attached hydrogen (secondary N) is 2. The van der Waals surface area contributed by atoms with E-state index in [0.717, 1.165) is 33.8 Å². The van der Waals surface area contributed by atoms with Crippen molar-refractivity contribution < 1.29 is 32.7 Å². The van der Waals surface area contributed by atoms with Crippen molar-refractivity contribution in [3.8, 4) is 0 Å². The minimum atomic E-state index is -1.02. The number of aromatic carboxylic acids is 1. The van der Waals surface area contributed by atoms with Gasteiger partial charge in [0.15, 0.2) is 0 Å². The largest absolute Gasteiger partial charge is 0.478 e. The molecule has 0 bridgehead atoms. The van der Waals surface area contributed by atoms with Crippen LogP contribution in [0.4, 0.5) is 30.6 Å². The van der Waals surface area contributed by atoms with Crippen molar-refractivity contribution in [3.05, 3.63) is 281 Å². The molecule has 476 valence electrons. The summed E-state index contributed by atoms with van der Waals surface area (Å²) in [6, 6.07) is 34.9. The number of benzene rings is 3. The lowest BCUT2D eigenvalue weighted by atomic mass is 10.0. The second-order valence-corrected chi connectivity index (χ2v) is 22.7. The number of aryl methyl sites for hydroxylation is 3. The van der Waals surface area contributed by atoms with Gasteiger partial charge in [-0.2, -0.15) is 0 Å².